The Morgan fingerprint density at radius 2 is 2.35 bits per heavy atom. The fourth-order valence-corrected chi connectivity index (χ4v) is 1.88. The molecule has 0 aliphatic heterocycles. The Morgan fingerprint density at radius 1 is 1.59 bits per heavy atom. The summed E-state index contributed by atoms with van der Waals surface area (Å²) in [5.74, 6) is 0.799. The van der Waals surface area contributed by atoms with Crippen LogP contribution in [0, 0.1) is 0 Å². The first-order chi connectivity index (χ1) is 8.13. The van der Waals surface area contributed by atoms with Gasteiger partial charge in [-0.25, -0.2) is 0 Å². The number of methoxy groups -OCH3 is 1. The molecule has 4 N–H and O–H groups in total. The lowest BCUT2D eigenvalue weighted by molar-refractivity contribution is 0.369. The minimum atomic E-state index is -0.444. The average molecular weight is 232 g/mol. The van der Waals surface area contributed by atoms with Gasteiger partial charge in [0.05, 0.1) is 18.7 Å². The lowest BCUT2D eigenvalue weighted by Crippen LogP contribution is -2.24. The number of ether oxygens (including phenoxy) is 1. The van der Waals surface area contributed by atoms with Crippen molar-refractivity contribution in [2.24, 2.45) is 5.73 Å². The summed E-state index contributed by atoms with van der Waals surface area (Å²) in [5, 5.41) is 10.3. The van der Waals surface area contributed by atoms with E-state index in [1.54, 1.807) is 7.11 Å². The number of aromatic amines is 1. The molecule has 90 valence electrons. The predicted molar refractivity (Wildman–Crippen MR) is 68.3 cm³/mol. The van der Waals surface area contributed by atoms with Crippen LogP contribution in [0.25, 0.3) is 10.9 Å². The van der Waals surface area contributed by atoms with E-state index in [-0.39, 0.29) is 5.76 Å². The molecule has 4 nitrogen and oxygen atoms in total. The molecule has 2 rings (SSSR count). The van der Waals surface area contributed by atoms with Gasteiger partial charge < -0.3 is 20.6 Å². The minimum Gasteiger partial charge on any atom is -0.511 e. The number of H-pyrrole nitrogens is 1. The molecule has 17 heavy (non-hydrogen) atoms. The zero-order valence-electron chi connectivity index (χ0n) is 9.73. The van der Waals surface area contributed by atoms with Gasteiger partial charge in [-0.2, -0.15) is 0 Å². The van der Waals surface area contributed by atoms with Crippen molar-refractivity contribution in [1.82, 2.24) is 4.98 Å². The molecule has 1 aromatic carbocycles. The second-order valence-electron chi connectivity index (χ2n) is 4.00. The van der Waals surface area contributed by atoms with Crippen LogP contribution in [0.4, 0.5) is 0 Å². The zero-order chi connectivity index (χ0) is 12.4. The quantitative estimate of drug-likeness (QED) is 0.707. The number of hydrogen-bond donors (Lipinski definition) is 3. The summed E-state index contributed by atoms with van der Waals surface area (Å²) in [5.41, 5.74) is 7.76. The second kappa shape index (κ2) is 4.51. The average Bonchev–Trinajstić information content (AvgIpc) is 2.72. The van der Waals surface area contributed by atoms with E-state index in [0.29, 0.717) is 6.42 Å². The molecule has 4 heteroatoms. The Hall–Kier alpha value is -1.94. The summed E-state index contributed by atoms with van der Waals surface area (Å²) in [6.07, 6.45) is 2.43. The van der Waals surface area contributed by atoms with Gasteiger partial charge in [-0.15, -0.1) is 0 Å². The Labute approximate surface area is 99.7 Å². The molecule has 0 fully saturated rings. The van der Waals surface area contributed by atoms with Gasteiger partial charge in [0.1, 0.15) is 11.5 Å². The molecule has 1 atom stereocenters. The fraction of sp³-hybridized carbons (Fsp3) is 0.231. The van der Waals surface area contributed by atoms with Crippen LogP contribution in [0.1, 0.15) is 5.56 Å². The first-order valence-corrected chi connectivity index (χ1v) is 5.39. The summed E-state index contributed by atoms with van der Waals surface area (Å²) in [7, 11) is 1.64. The maximum atomic E-state index is 9.24. The number of para-hydroxylation sites is 1. The van der Waals surface area contributed by atoms with Crippen molar-refractivity contribution in [3.8, 4) is 5.75 Å². The molecule has 0 bridgehead atoms. The normalized spacial score (nSPS) is 12.6. The SMILES string of the molecule is C=C(O)C(N)Cc1c[nH]c2c(OC)cccc12. The molecular weight excluding hydrogens is 216 g/mol. The highest BCUT2D eigenvalue weighted by atomic mass is 16.5. The van der Waals surface area contributed by atoms with Crippen LogP contribution in [-0.4, -0.2) is 23.2 Å². The summed E-state index contributed by atoms with van der Waals surface area (Å²) >= 11 is 0. The van der Waals surface area contributed by atoms with Crippen LogP contribution in [-0.2, 0) is 6.42 Å². The van der Waals surface area contributed by atoms with Gasteiger partial charge in [0.25, 0.3) is 0 Å². The Balaban J connectivity index is 2.40. The summed E-state index contributed by atoms with van der Waals surface area (Å²) < 4.78 is 5.26. The van der Waals surface area contributed by atoms with Gasteiger partial charge in [-0.1, -0.05) is 18.7 Å². The molecule has 0 radical (unpaired) electrons. The van der Waals surface area contributed by atoms with E-state index in [2.05, 4.69) is 11.6 Å². The van der Waals surface area contributed by atoms with Crippen LogP contribution in [0.3, 0.4) is 0 Å². The Kier molecular flexibility index (Phi) is 3.06. The largest absolute Gasteiger partial charge is 0.511 e. The lowest BCUT2D eigenvalue weighted by Gasteiger charge is -2.08. The summed E-state index contributed by atoms with van der Waals surface area (Å²) in [6, 6.07) is 5.38. The first kappa shape index (κ1) is 11.5. The van der Waals surface area contributed by atoms with Gasteiger partial charge in [0.2, 0.25) is 0 Å². The summed E-state index contributed by atoms with van der Waals surface area (Å²) in [4.78, 5) is 3.16. The number of aliphatic hydroxyl groups excluding tert-OH is 1. The van der Waals surface area contributed by atoms with Crippen LogP contribution >= 0.6 is 0 Å². The number of nitrogens with two attached hydrogens (primary N) is 1. The van der Waals surface area contributed by atoms with Crippen LogP contribution in [0.15, 0.2) is 36.7 Å². The van der Waals surface area contributed by atoms with Crippen molar-refractivity contribution >= 4 is 10.9 Å². The van der Waals surface area contributed by atoms with Crippen molar-refractivity contribution in [2.75, 3.05) is 7.11 Å². The Bertz CT molecular complexity index is 545. The number of fused-ring (bicyclic) bond motifs is 1. The molecule has 0 amide bonds. The Morgan fingerprint density at radius 3 is 3.00 bits per heavy atom. The van der Waals surface area contributed by atoms with E-state index in [4.69, 9.17) is 10.5 Å². The van der Waals surface area contributed by atoms with Gasteiger partial charge in [0.15, 0.2) is 0 Å². The van der Waals surface area contributed by atoms with Crippen molar-refractivity contribution in [3.63, 3.8) is 0 Å². The summed E-state index contributed by atoms with van der Waals surface area (Å²) in [6.45, 7) is 3.45. The van der Waals surface area contributed by atoms with Gasteiger partial charge in [-0.3, -0.25) is 0 Å². The molecule has 0 saturated carbocycles. The monoisotopic (exact) mass is 232 g/mol. The third kappa shape index (κ3) is 2.12. The van der Waals surface area contributed by atoms with E-state index in [9.17, 15) is 5.11 Å². The zero-order valence-corrected chi connectivity index (χ0v) is 9.73. The molecule has 2 aromatic rings. The predicted octanol–water partition coefficient (Wildman–Crippen LogP) is 2.12. The van der Waals surface area contributed by atoms with Crippen LogP contribution in [0.5, 0.6) is 5.75 Å². The number of rotatable bonds is 4. The number of aromatic nitrogens is 1. The smallest absolute Gasteiger partial charge is 0.142 e. The van der Waals surface area contributed by atoms with E-state index < -0.39 is 6.04 Å². The van der Waals surface area contributed by atoms with Gasteiger partial charge >= 0.3 is 0 Å². The highest BCUT2D eigenvalue weighted by Crippen LogP contribution is 2.27. The fourth-order valence-electron chi connectivity index (χ4n) is 1.88. The van der Waals surface area contributed by atoms with Crippen molar-refractivity contribution in [2.45, 2.75) is 12.5 Å². The van der Waals surface area contributed by atoms with Gasteiger partial charge in [-0.05, 0) is 18.1 Å². The third-order valence-electron chi connectivity index (χ3n) is 2.85. The van der Waals surface area contributed by atoms with Gasteiger partial charge in [0, 0.05) is 11.6 Å². The van der Waals surface area contributed by atoms with Crippen LogP contribution < -0.4 is 10.5 Å². The molecule has 1 aromatic heterocycles. The molecule has 0 saturated heterocycles. The third-order valence-corrected chi connectivity index (χ3v) is 2.85. The maximum Gasteiger partial charge on any atom is 0.142 e. The van der Waals surface area contributed by atoms with Crippen LogP contribution in [0.2, 0.25) is 0 Å². The first-order valence-electron chi connectivity index (χ1n) is 5.39. The van der Waals surface area contributed by atoms with Crippen molar-refractivity contribution < 1.29 is 9.84 Å². The second-order valence-corrected chi connectivity index (χ2v) is 4.00. The highest BCUT2D eigenvalue weighted by Gasteiger charge is 2.12. The molecule has 0 aliphatic carbocycles. The van der Waals surface area contributed by atoms with Crippen molar-refractivity contribution in [3.05, 3.63) is 42.3 Å². The number of aliphatic hydroxyl groups is 1. The number of benzene rings is 1. The van der Waals surface area contributed by atoms with E-state index in [1.165, 1.54) is 0 Å². The van der Waals surface area contributed by atoms with E-state index in [0.717, 1.165) is 22.2 Å². The highest BCUT2D eigenvalue weighted by molar-refractivity contribution is 5.88. The molecule has 0 aliphatic rings. The standard InChI is InChI=1S/C13H16N2O2/c1-8(16)11(14)6-9-7-15-13-10(9)4-3-5-12(13)17-2/h3-5,7,11,15-16H,1,6,14H2,2H3. The molecule has 1 unspecified atom stereocenters. The lowest BCUT2D eigenvalue weighted by atomic mass is 10.0. The van der Waals surface area contributed by atoms with E-state index in [1.807, 2.05) is 24.4 Å². The minimum absolute atomic E-state index is 0.00208. The van der Waals surface area contributed by atoms with Crippen molar-refractivity contribution in [1.29, 1.82) is 0 Å². The molecule has 0 spiro atoms. The number of hydrogen-bond acceptors (Lipinski definition) is 3. The molecule has 1 heterocycles. The maximum absolute atomic E-state index is 9.24. The van der Waals surface area contributed by atoms with E-state index >= 15 is 0 Å². The molecular formula is C13H16N2O2. The number of nitrogens with one attached hydrogen (secondary N) is 1. The topological polar surface area (TPSA) is 71.3 Å².